The smallest absolute Gasteiger partial charge is 0.255 e. The summed E-state index contributed by atoms with van der Waals surface area (Å²) in [5.74, 6) is 1.49. The molecule has 32 heavy (non-hydrogen) atoms. The molecule has 0 spiro atoms. The van der Waals surface area contributed by atoms with Crippen molar-refractivity contribution in [3.05, 3.63) is 69.2 Å². The van der Waals surface area contributed by atoms with Crippen molar-refractivity contribution in [2.24, 2.45) is 4.99 Å². The SMILES string of the molecule is COc1ccc(-n2ncc(CN3CCc4nc(C5=NCCCC5)[nH]c(=O)c4C3)c2C)cc1. The van der Waals surface area contributed by atoms with E-state index in [1.165, 1.54) is 0 Å². The van der Waals surface area contributed by atoms with Gasteiger partial charge in [0.25, 0.3) is 5.56 Å². The number of aromatic amines is 1. The number of aliphatic imine (C=N–C) groups is 1. The molecule has 4 heterocycles. The molecule has 1 N–H and O–H groups in total. The minimum Gasteiger partial charge on any atom is -0.497 e. The number of nitrogens with zero attached hydrogens (tertiary/aromatic N) is 5. The summed E-state index contributed by atoms with van der Waals surface area (Å²) in [4.78, 5) is 27.4. The second kappa shape index (κ2) is 8.70. The number of rotatable bonds is 5. The van der Waals surface area contributed by atoms with Gasteiger partial charge in [0.2, 0.25) is 0 Å². The van der Waals surface area contributed by atoms with Gasteiger partial charge < -0.3 is 9.72 Å². The van der Waals surface area contributed by atoms with Crippen LogP contribution in [0.3, 0.4) is 0 Å². The second-order valence-electron chi connectivity index (χ2n) is 8.45. The lowest BCUT2D eigenvalue weighted by atomic mass is 10.0. The molecule has 0 saturated carbocycles. The minimum absolute atomic E-state index is 0.0337. The number of hydrogen-bond donors (Lipinski definition) is 1. The van der Waals surface area contributed by atoms with Gasteiger partial charge in [-0.1, -0.05) is 0 Å². The molecule has 2 aliphatic rings. The molecular weight excluding hydrogens is 404 g/mol. The monoisotopic (exact) mass is 432 g/mol. The van der Waals surface area contributed by atoms with E-state index in [1.807, 2.05) is 35.1 Å². The second-order valence-corrected chi connectivity index (χ2v) is 8.45. The average Bonchev–Trinajstić information content (AvgIpc) is 3.19. The van der Waals surface area contributed by atoms with Crippen LogP contribution in [0.25, 0.3) is 5.69 Å². The molecule has 166 valence electrons. The lowest BCUT2D eigenvalue weighted by Crippen LogP contribution is -2.36. The number of benzene rings is 1. The van der Waals surface area contributed by atoms with Crippen LogP contribution in [0.1, 0.15) is 47.6 Å². The maximum Gasteiger partial charge on any atom is 0.255 e. The molecule has 5 rings (SSSR count). The maximum absolute atomic E-state index is 12.8. The van der Waals surface area contributed by atoms with Crippen molar-refractivity contribution in [1.82, 2.24) is 24.6 Å². The van der Waals surface area contributed by atoms with E-state index in [0.717, 1.165) is 85.0 Å². The van der Waals surface area contributed by atoms with Crippen LogP contribution in [0.2, 0.25) is 0 Å². The van der Waals surface area contributed by atoms with E-state index >= 15 is 0 Å². The van der Waals surface area contributed by atoms with Gasteiger partial charge in [0.15, 0.2) is 5.82 Å². The minimum atomic E-state index is -0.0337. The Kier molecular flexibility index (Phi) is 5.61. The molecule has 2 aromatic heterocycles. The number of methoxy groups -OCH3 is 1. The zero-order chi connectivity index (χ0) is 22.1. The third-order valence-electron chi connectivity index (χ3n) is 6.37. The Hall–Kier alpha value is -3.26. The first kappa shape index (κ1) is 20.6. The zero-order valence-corrected chi connectivity index (χ0v) is 18.6. The van der Waals surface area contributed by atoms with Gasteiger partial charge >= 0.3 is 0 Å². The summed E-state index contributed by atoms with van der Waals surface area (Å²) in [6.07, 6.45) is 5.80. The summed E-state index contributed by atoms with van der Waals surface area (Å²) < 4.78 is 7.19. The molecule has 0 unspecified atom stereocenters. The van der Waals surface area contributed by atoms with Crippen molar-refractivity contribution in [1.29, 1.82) is 0 Å². The van der Waals surface area contributed by atoms with Crippen molar-refractivity contribution in [3.63, 3.8) is 0 Å². The topological polar surface area (TPSA) is 88.4 Å². The van der Waals surface area contributed by atoms with E-state index in [1.54, 1.807) is 7.11 Å². The van der Waals surface area contributed by atoms with Crippen molar-refractivity contribution < 1.29 is 4.74 Å². The van der Waals surface area contributed by atoms with E-state index in [2.05, 4.69) is 26.9 Å². The first-order valence-corrected chi connectivity index (χ1v) is 11.2. The predicted molar refractivity (Wildman–Crippen MR) is 123 cm³/mol. The van der Waals surface area contributed by atoms with Crippen LogP contribution in [-0.2, 0) is 19.5 Å². The Morgan fingerprint density at radius 3 is 2.75 bits per heavy atom. The van der Waals surface area contributed by atoms with Crippen LogP contribution in [0, 0.1) is 6.92 Å². The van der Waals surface area contributed by atoms with Crippen LogP contribution in [0.4, 0.5) is 0 Å². The van der Waals surface area contributed by atoms with E-state index in [-0.39, 0.29) is 5.56 Å². The fourth-order valence-corrected chi connectivity index (χ4v) is 4.47. The van der Waals surface area contributed by atoms with Gasteiger partial charge in [0.1, 0.15) is 5.75 Å². The fraction of sp³-hybridized carbons (Fsp3) is 0.417. The van der Waals surface area contributed by atoms with E-state index in [4.69, 9.17) is 9.72 Å². The lowest BCUT2D eigenvalue weighted by molar-refractivity contribution is 0.241. The van der Waals surface area contributed by atoms with Crippen LogP contribution < -0.4 is 10.3 Å². The number of ether oxygens (including phenoxy) is 1. The fourth-order valence-electron chi connectivity index (χ4n) is 4.47. The number of H-pyrrole nitrogens is 1. The van der Waals surface area contributed by atoms with E-state index in [0.29, 0.717) is 12.4 Å². The highest BCUT2D eigenvalue weighted by molar-refractivity contribution is 5.97. The Morgan fingerprint density at radius 2 is 2.00 bits per heavy atom. The number of aromatic nitrogens is 4. The predicted octanol–water partition coefficient (Wildman–Crippen LogP) is 2.80. The molecule has 8 heteroatoms. The molecular formula is C24H28N6O2. The number of fused-ring (bicyclic) bond motifs is 1. The summed E-state index contributed by atoms with van der Waals surface area (Å²) >= 11 is 0. The first-order valence-electron chi connectivity index (χ1n) is 11.2. The molecule has 0 amide bonds. The van der Waals surface area contributed by atoms with Crippen LogP contribution in [-0.4, -0.2) is 50.6 Å². The Labute approximate surface area is 187 Å². The zero-order valence-electron chi connectivity index (χ0n) is 18.6. The summed E-state index contributed by atoms with van der Waals surface area (Å²) in [7, 11) is 1.66. The Balaban J connectivity index is 1.33. The molecule has 1 aromatic carbocycles. The van der Waals surface area contributed by atoms with Crippen molar-refractivity contribution >= 4 is 5.71 Å². The summed E-state index contributed by atoms with van der Waals surface area (Å²) in [6, 6.07) is 7.87. The first-order chi connectivity index (χ1) is 15.6. The third kappa shape index (κ3) is 3.98. The van der Waals surface area contributed by atoms with Gasteiger partial charge in [-0.2, -0.15) is 5.10 Å². The molecule has 0 saturated heterocycles. The van der Waals surface area contributed by atoms with Crippen molar-refractivity contribution in [2.45, 2.75) is 45.7 Å². The average molecular weight is 433 g/mol. The van der Waals surface area contributed by atoms with Crippen molar-refractivity contribution in [2.75, 3.05) is 20.2 Å². The normalized spacial score (nSPS) is 16.5. The van der Waals surface area contributed by atoms with Gasteiger partial charge in [-0.05, 0) is 50.5 Å². The molecule has 0 atom stereocenters. The standard InChI is InChI=1S/C24H28N6O2/c1-16-17(13-26-30(16)18-6-8-19(32-2)9-7-18)14-29-12-10-21-20(15-29)24(31)28-23(27-21)22-5-3-4-11-25-22/h6-9,13H,3-5,10-12,14-15H2,1-2H3,(H,27,28,31). The molecule has 0 fully saturated rings. The molecule has 0 bridgehead atoms. The van der Waals surface area contributed by atoms with Gasteiger partial charge in [-0.25, -0.2) is 9.67 Å². The van der Waals surface area contributed by atoms with Crippen molar-refractivity contribution in [3.8, 4) is 11.4 Å². The highest BCUT2D eigenvalue weighted by Crippen LogP contribution is 2.22. The number of hydrogen-bond acceptors (Lipinski definition) is 6. The quantitative estimate of drug-likeness (QED) is 0.670. The molecule has 8 nitrogen and oxygen atoms in total. The molecule has 3 aromatic rings. The van der Waals surface area contributed by atoms with Crippen LogP contribution >= 0.6 is 0 Å². The Morgan fingerprint density at radius 1 is 1.16 bits per heavy atom. The summed E-state index contributed by atoms with van der Waals surface area (Å²) in [6.45, 7) is 5.11. The molecule has 0 aliphatic carbocycles. The lowest BCUT2D eigenvalue weighted by Gasteiger charge is -2.27. The van der Waals surface area contributed by atoms with Gasteiger partial charge in [-0.15, -0.1) is 0 Å². The van der Waals surface area contributed by atoms with Crippen LogP contribution in [0.15, 0.2) is 40.2 Å². The third-order valence-corrected chi connectivity index (χ3v) is 6.37. The molecule has 0 radical (unpaired) electrons. The largest absolute Gasteiger partial charge is 0.497 e. The summed E-state index contributed by atoms with van der Waals surface area (Å²) in [5.41, 5.74) is 5.85. The summed E-state index contributed by atoms with van der Waals surface area (Å²) in [5, 5.41) is 4.59. The number of nitrogens with one attached hydrogen (secondary N) is 1. The van der Waals surface area contributed by atoms with E-state index in [9.17, 15) is 4.79 Å². The van der Waals surface area contributed by atoms with E-state index < -0.39 is 0 Å². The Bertz CT molecular complexity index is 1210. The van der Waals surface area contributed by atoms with Gasteiger partial charge in [0, 0.05) is 43.9 Å². The van der Waals surface area contributed by atoms with Gasteiger partial charge in [0.05, 0.1) is 36.0 Å². The van der Waals surface area contributed by atoms with Gasteiger partial charge in [-0.3, -0.25) is 14.7 Å². The molecule has 2 aliphatic heterocycles. The van der Waals surface area contributed by atoms with Crippen LogP contribution in [0.5, 0.6) is 5.75 Å². The maximum atomic E-state index is 12.8. The highest BCUT2D eigenvalue weighted by Gasteiger charge is 2.23. The highest BCUT2D eigenvalue weighted by atomic mass is 16.5.